The zero-order valence-electron chi connectivity index (χ0n) is 25.3. The van der Waals surface area contributed by atoms with Crippen LogP contribution in [-0.2, 0) is 19.1 Å². The number of halogens is 3. The van der Waals surface area contributed by atoms with Crippen molar-refractivity contribution in [3.05, 3.63) is 99.9 Å². The Kier molecular flexibility index (Phi) is 9.62. The predicted octanol–water partition coefficient (Wildman–Crippen LogP) is 6.35. The molecule has 1 saturated heterocycles. The molecule has 2 heterocycles. The highest BCUT2D eigenvalue weighted by molar-refractivity contribution is 5.98. The fraction of sp³-hybridized carbons (Fsp3) is 0.343. The molecule has 0 unspecified atom stereocenters. The summed E-state index contributed by atoms with van der Waals surface area (Å²) < 4.78 is 42.3. The van der Waals surface area contributed by atoms with E-state index in [1.165, 1.54) is 12.4 Å². The van der Waals surface area contributed by atoms with Crippen LogP contribution in [0.3, 0.4) is 0 Å². The maximum absolute atomic E-state index is 14.1. The van der Waals surface area contributed by atoms with Crippen LogP contribution in [0.1, 0.15) is 57.1 Å². The molecule has 3 aromatic carbocycles. The third-order valence-corrected chi connectivity index (χ3v) is 8.02. The summed E-state index contributed by atoms with van der Waals surface area (Å²) in [7, 11) is 1.80. The molecule has 6 nitrogen and oxygen atoms in total. The van der Waals surface area contributed by atoms with Gasteiger partial charge in [0.25, 0.3) is 0 Å². The molecule has 1 aliphatic heterocycles. The van der Waals surface area contributed by atoms with Crippen molar-refractivity contribution in [2.45, 2.75) is 39.4 Å². The van der Waals surface area contributed by atoms with Gasteiger partial charge in [0.2, 0.25) is 0 Å². The number of rotatable bonds is 8. The van der Waals surface area contributed by atoms with E-state index in [2.05, 4.69) is 43.8 Å². The molecule has 0 atom stereocenters. The lowest BCUT2D eigenvalue weighted by Gasteiger charge is -2.35. The number of anilines is 1. The topological polar surface area (TPSA) is 61.4 Å². The molecule has 0 aliphatic carbocycles. The third kappa shape index (κ3) is 7.44. The molecule has 4 aromatic rings. The second-order valence-electron chi connectivity index (χ2n) is 11.2. The zero-order chi connectivity index (χ0) is 31.3. The van der Waals surface area contributed by atoms with E-state index in [0.717, 1.165) is 73.1 Å². The number of carbonyl (C=O) groups is 1. The fourth-order valence-corrected chi connectivity index (χ4v) is 5.55. The van der Waals surface area contributed by atoms with Crippen molar-refractivity contribution in [3.63, 3.8) is 0 Å². The third-order valence-electron chi connectivity index (χ3n) is 8.02. The van der Waals surface area contributed by atoms with Crippen LogP contribution < -0.4 is 5.32 Å². The Labute approximate surface area is 256 Å². The quantitative estimate of drug-likeness (QED) is 0.188. The maximum atomic E-state index is 14.1. The van der Waals surface area contributed by atoms with E-state index in [-0.39, 0.29) is 24.3 Å². The predicted molar refractivity (Wildman–Crippen MR) is 168 cm³/mol. The molecule has 5 rings (SSSR count). The van der Waals surface area contributed by atoms with E-state index < -0.39 is 11.7 Å². The second-order valence-corrected chi connectivity index (χ2v) is 11.2. The number of Topliss-reactive ketones (excluding diaryl/α,β-unsaturated/α-hetero) is 1. The summed E-state index contributed by atoms with van der Waals surface area (Å²) in [6, 6.07) is 15.2. The number of fused-ring (bicyclic) bond motifs is 1. The number of aryl methyl sites for hydroxylation is 1. The number of piperazine rings is 1. The highest BCUT2D eigenvalue weighted by Gasteiger charge is 2.34. The number of nitrogens with one attached hydrogen (secondary N) is 1. The normalized spacial score (nSPS) is 14.3. The monoisotopic (exact) mass is 599 g/mol. The highest BCUT2D eigenvalue weighted by atomic mass is 19.4. The van der Waals surface area contributed by atoms with Crippen LogP contribution in [0.15, 0.2) is 60.9 Å². The fourth-order valence-electron chi connectivity index (χ4n) is 5.55. The molecule has 9 heteroatoms. The Bertz CT molecular complexity index is 1720. The average molecular weight is 600 g/mol. The Morgan fingerprint density at radius 3 is 2.45 bits per heavy atom. The van der Waals surface area contributed by atoms with Crippen LogP contribution in [0.4, 0.5) is 19.0 Å². The van der Waals surface area contributed by atoms with Gasteiger partial charge in [-0.05, 0) is 66.9 Å². The van der Waals surface area contributed by atoms with Gasteiger partial charge in [-0.2, -0.15) is 13.2 Å². The van der Waals surface area contributed by atoms with Crippen LogP contribution in [-0.4, -0.2) is 65.3 Å². The molecular weight excluding hydrogens is 563 g/mol. The SMILES string of the molecule is CCCN1CCN(Cc2ccc(CC(=O)c3ccc(C)c(C#Cc4ccc5c(NC)ncnc5c4)c3)cc2C(F)(F)F)CC1. The van der Waals surface area contributed by atoms with E-state index >= 15 is 0 Å². The Morgan fingerprint density at radius 2 is 1.73 bits per heavy atom. The van der Waals surface area contributed by atoms with Crippen molar-refractivity contribution >= 4 is 22.5 Å². The first-order valence-corrected chi connectivity index (χ1v) is 14.9. The number of aromatic nitrogens is 2. The van der Waals surface area contributed by atoms with Gasteiger partial charge in [0.05, 0.1) is 11.1 Å². The van der Waals surface area contributed by atoms with Crippen LogP contribution in [0, 0.1) is 18.8 Å². The van der Waals surface area contributed by atoms with Gasteiger partial charge in [-0.1, -0.05) is 43.0 Å². The summed E-state index contributed by atoms with van der Waals surface area (Å²) in [5.74, 6) is 6.76. The van der Waals surface area contributed by atoms with Crippen molar-refractivity contribution in [3.8, 4) is 11.8 Å². The van der Waals surface area contributed by atoms with Crippen molar-refractivity contribution in [2.75, 3.05) is 45.1 Å². The van der Waals surface area contributed by atoms with Gasteiger partial charge in [0.15, 0.2) is 5.78 Å². The van der Waals surface area contributed by atoms with Gasteiger partial charge >= 0.3 is 6.18 Å². The number of benzene rings is 3. The lowest BCUT2D eigenvalue weighted by Crippen LogP contribution is -2.46. The number of ketones is 1. The van der Waals surface area contributed by atoms with Crippen LogP contribution in [0.25, 0.3) is 10.9 Å². The summed E-state index contributed by atoms with van der Waals surface area (Å²) in [5.41, 5.74) is 3.42. The smallest absolute Gasteiger partial charge is 0.373 e. The molecule has 0 radical (unpaired) electrons. The maximum Gasteiger partial charge on any atom is 0.416 e. The Morgan fingerprint density at radius 1 is 0.955 bits per heavy atom. The molecule has 228 valence electrons. The molecule has 0 bridgehead atoms. The van der Waals surface area contributed by atoms with Crippen molar-refractivity contribution in [1.82, 2.24) is 19.8 Å². The lowest BCUT2D eigenvalue weighted by molar-refractivity contribution is -0.138. The van der Waals surface area contributed by atoms with Crippen LogP contribution in [0.2, 0.25) is 0 Å². The number of hydrogen-bond acceptors (Lipinski definition) is 6. The molecule has 1 aromatic heterocycles. The van der Waals surface area contributed by atoms with Crippen molar-refractivity contribution < 1.29 is 18.0 Å². The number of carbonyl (C=O) groups excluding carboxylic acids is 1. The van der Waals surface area contributed by atoms with E-state index in [9.17, 15) is 18.0 Å². The van der Waals surface area contributed by atoms with Gasteiger partial charge in [-0.15, -0.1) is 0 Å². The van der Waals surface area contributed by atoms with Gasteiger partial charge in [-0.25, -0.2) is 9.97 Å². The van der Waals surface area contributed by atoms with E-state index in [0.29, 0.717) is 16.7 Å². The Balaban J connectivity index is 1.31. The molecule has 0 spiro atoms. The molecule has 0 saturated carbocycles. The molecule has 1 fully saturated rings. The number of alkyl halides is 3. The molecule has 44 heavy (non-hydrogen) atoms. The number of nitrogens with zero attached hydrogens (tertiary/aromatic N) is 4. The highest BCUT2D eigenvalue weighted by Crippen LogP contribution is 2.34. The largest absolute Gasteiger partial charge is 0.416 e. The zero-order valence-corrected chi connectivity index (χ0v) is 25.3. The first-order valence-electron chi connectivity index (χ1n) is 14.9. The van der Waals surface area contributed by atoms with Gasteiger partial charge in [0.1, 0.15) is 12.1 Å². The molecule has 1 N–H and O–H groups in total. The Hall–Kier alpha value is -4.26. The summed E-state index contributed by atoms with van der Waals surface area (Å²) >= 11 is 0. The van der Waals surface area contributed by atoms with Gasteiger partial charge in [0, 0.05) is 68.3 Å². The average Bonchev–Trinajstić information content (AvgIpc) is 3.01. The minimum absolute atomic E-state index is 0.132. The number of hydrogen-bond donors (Lipinski definition) is 1. The standard InChI is InChI=1S/C35H36F3N5O/c1-4-13-42-14-16-43(17-15-42)22-29-11-7-26(18-31(29)35(36,37)38)20-33(44)28-9-5-24(2)27(21-28)10-6-25-8-12-30-32(19-25)40-23-41-34(30)39-3/h5,7-9,11-12,18-19,21,23H,4,13-17,20,22H2,1-3H3,(H,39,40,41). The van der Waals surface area contributed by atoms with Crippen LogP contribution in [0.5, 0.6) is 0 Å². The minimum atomic E-state index is -4.51. The summed E-state index contributed by atoms with van der Waals surface area (Å²) in [6.45, 7) is 8.48. The summed E-state index contributed by atoms with van der Waals surface area (Å²) in [6.07, 6.45) is -2.08. The van der Waals surface area contributed by atoms with Gasteiger partial charge < -0.3 is 10.2 Å². The molecule has 1 aliphatic rings. The molecular formula is C35H36F3N5O. The first-order chi connectivity index (χ1) is 21.1. The van der Waals surface area contributed by atoms with E-state index in [4.69, 9.17) is 0 Å². The van der Waals surface area contributed by atoms with Crippen molar-refractivity contribution in [1.29, 1.82) is 0 Å². The van der Waals surface area contributed by atoms with Gasteiger partial charge in [-0.3, -0.25) is 9.69 Å². The lowest BCUT2D eigenvalue weighted by atomic mass is 9.96. The molecule has 0 amide bonds. The van der Waals surface area contributed by atoms with Crippen molar-refractivity contribution in [2.24, 2.45) is 0 Å². The second kappa shape index (κ2) is 13.6. The summed E-state index contributed by atoms with van der Waals surface area (Å²) in [4.78, 5) is 26.2. The first kappa shape index (κ1) is 31.2. The summed E-state index contributed by atoms with van der Waals surface area (Å²) in [5, 5.41) is 3.93. The minimum Gasteiger partial charge on any atom is -0.373 e. The van der Waals surface area contributed by atoms with Crippen LogP contribution >= 0.6 is 0 Å². The van der Waals surface area contributed by atoms with E-state index in [1.807, 2.05) is 31.2 Å². The van der Waals surface area contributed by atoms with E-state index in [1.54, 1.807) is 25.2 Å².